The summed E-state index contributed by atoms with van der Waals surface area (Å²) >= 11 is 6.07. The second-order valence-electron chi connectivity index (χ2n) is 10.8. The molecule has 0 saturated carbocycles. The Morgan fingerprint density at radius 1 is 0.929 bits per heavy atom. The molecule has 2 aliphatic heterocycles. The van der Waals surface area contributed by atoms with Gasteiger partial charge in [0.25, 0.3) is 5.91 Å². The van der Waals surface area contributed by atoms with Crippen LogP contribution >= 0.6 is 11.6 Å². The third kappa shape index (κ3) is 5.95. The minimum atomic E-state index is -4.48. The van der Waals surface area contributed by atoms with Gasteiger partial charge in [-0.2, -0.15) is 13.2 Å². The van der Waals surface area contributed by atoms with Gasteiger partial charge in [0, 0.05) is 55.1 Å². The van der Waals surface area contributed by atoms with Crippen molar-refractivity contribution < 1.29 is 18.0 Å². The lowest BCUT2D eigenvalue weighted by Crippen LogP contribution is -2.37. The first-order valence-corrected chi connectivity index (χ1v) is 14.4. The number of fused-ring (bicyclic) bond motifs is 1. The van der Waals surface area contributed by atoms with Crippen molar-refractivity contribution in [1.82, 2.24) is 9.88 Å². The van der Waals surface area contributed by atoms with Crippen molar-refractivity contribution in [2.45, 2.75) is 31.5 Å². The molecule has 0 radical (unpaired) electrons. The fourth-order valence-electron chi connectivity index (χ4n) is 5.89. The molecule has 0 aliphatic carbocycles. The van der Waals surface area contributed by atoms with Crippen LogP contribution in [0.2, 0.25) is 5.02 Å². The standard InChI is InChI=1S/C33H30ClF3N4O/c34-28-10-11-29(33(35,36)37)27(18-28)21-41-17-14-38-31-30(41)19-26(20-39-31)23-6-8-25(9-7-23)32(42)40-15-12-24(13-16-40)22-4-2-1-3-5-22/h1-11,18-20,24H,12-17,21H2,(H,38,39). The Morgan fingerprint density at radius 3 is 2.38 bits per heavy atom. The highest BCUT2D eigenvalue weighted by Crippen LogP contribution is 2.37. The van der Waals surface area contributed by atoms with Gasteiger partial charge in [0.05, 0.1) is 11.3 Å². The van der Waals surface area contributed by atoms with E-state index in [0.717, 1.165) is 43.1 Å². The normalized spacial score (nSPS) is 15.7. The molecule has 1 N–H and O–H groups in total. The number of nitrogens with zero attached hydrogens (tertiary/aromatic N) is 3. The monoisotopic (exact) mass is 590 g/mol. The van der Waals surface area contributed by atoms with Gasteiger partial charge < -0.3 is 15.1 Å². The first kappa shape index (κ1) is 28.1. The molecule has 1 fully saturated rings. The summed E-state index contributed by atoms with van der Waals surface area (Å²) in [6.45, 7) is 2.56. The van der Waals surface area contributed by atoms with Gasteiger partial charge in [-0.1, -0.05) is 54.1 Å². The summed E-state index contributed by atoms with van der Waals surface area (Å²) in [6.07, 6.45) is -0.855. The van der Waals surface area contributed by atoms with E-state index in [1.54, 1.807) is 6.20 Å². The number of benzene rings is 3. The van der Waals surface area contributed by atoms with Crippen LogP contribution in [-0.2, 0) is 12.7 Å². The predicted octanol–water partition coefficient (Wildman–Crippen LogP) is 7.87. The fourth-order valence-corrected chi connectivity index (χ4v) is 6.08. The van der Waals surface area contributed by atoms with Crippen LogP contribution in [0.15, 0.2) is 85.1 Å². The second kappa shape index (κ2) is 11.7. The number of rotatable bonds is 5. The van der Waals surface area contributed by atoms with Gasteiger partial charge >= 0.3 is 6.18 Å². The molecule has 0 unspecified atom stereocenters. The topological polar surface area (TPSA) is 48.5 Å². The van der Waals surface area contributed by atoms with Crippen molar-refractivity contribution in [3.05, 3.63) is 112 Å². The van der Waals surface area contributed by atoms with Crippen LogP contribution in [0.1, 0.15) is 45.8 Å². The molecule has 1 saturated heterocycles. The van der Waals surface area contributed by atoms with E-state index in [4.69, 9.17) is 11.6 Å². The third-order valence-electron chi connectivity index (χ3n) is 8.13. The summed E-state index contributed by atoms with van der Waals surface area (Å²) in [5, 5.41) is 3.50. The Morgan fingerprint density at radius 2 is 1.67 bits per heavy atom. The second-order valence-corrected chi connectivity index (χ2v) is 11.2. The molecule has 3 aromatic carbocycles. The van der Waals surface area contributed by atoms with E-state index in [1.807, 2.05) is 46.2 Å². The Bertz CT molecular complexity index is 1570. The number of pyridine rings is 1. The van der Waals surface area contributed by atoms with E-state index >= 15 is 0 Å². The summed E-state index contributed by atoms with van der Waals surface area (Å²) < 4.78 is 41.1. The number of anilines is 2. The first-order chi connectivity index (χ1) is 20.3. The maximum absolute atomic E-state index is 13.7. The van der Waals surface area contributed by atoms with Crippen molar-refractivity contribution in [3.63, 3.8) is 0 Å². The summed E-state index contributed by atoms with van der Waals surface area (Å²) in [6, 6.07) is 23.5. The number of halogens is 4. The number of piperidine rings is 1. The average Bonchev–Trinajstić information content (AvgIpc) is 3.01. The van der Waals surface area contributed by atoms with Crippen molar-refractivity contribution >= 4 is 29.0 Å². The molecule has 4 aromatic rings. The third-order valence-corrected chi connectivity index (χ3v) is 8.37. The van der Waals surface area contributed by atoms with Crippen LogP contribution in [-0.4, -0.2) is 42.0 Å². The van der Waals surface area contributed by atoms with E-state index < -0.39 is 11.7 Å². The predicted molar refractivity (Wildman–Crippen MR) is 160 cm³/mol. The molecule has 1 aromatic heterocycles. The largest absolute Gasteiger partial charge is 0.416 e. The average molecular weight is 591 g/mol. The lowest BCUT2D eigenvalue weighted by atomic mass is 9.89. The number of hydrogen-bond donors (Lipinski definition) is 1. The molecule has 0 spiro atoms. The van der Waals surface area contributed by atoms with Gasteiger partial charge in [-0.15, -0.1) is 0 Å². The minimum Gasteiger partial charge on any atom is -0.367 e. The maximum Gasteiger partial charge on any atom is 0.416 e. The summed E-state index contributed by atoms with van der Waals surface area (Å²) in [5.41, 5.74) is 3.78. The number of aromatic nitrogens is 1. The Labute approximate surface area is 247 Å². The number of carbonyl (C=O) groups is 1. The zero-order valence-electron chi connectivity index (χ0n) is 22.9. The number of alkyl halides is 3. The van der Waals surface area contributed by atoms with Gasteiger partial charge in [-0.25, -0.2) is 4.98 Å². The van der Waals surface area contributed by atoms with Gasteiger partial charge in [-0.05, 0) is 71.8 Å². The lowest BCUT2D eigenvalue weighted by Gasteiger charge is -2.32. The van der Waals surface area contributed by atoms with E-state index in [1.165, 1.54) is 17.7 Å². The van der Waals surface area contributed by atoms with Crippen molar-refractivity contribution in [1.29, 1.82) is 0 Å². The number of nitrogens with one attached hydrogen (secondary N) is 1. The van der Waals surface area contributed by atoms with Crippen LogP contribution in [0, 0.1) is 0 Å². The SMILES string of the molecule is O=C(c1ccc(-c2cnc3c(c2)N(Cc2cc(Cl)ccc2C(F)(F)F)CCN3)cc1)N1CCC(c2ccccc2)CC1. The minimum absolute atomic E-state index is 0.0222. The van der Waals surface area contributed by atoms with Crippen LogP contribution in [0.4, 0.5) is 24.7 Å². The van der Waals surface area contributed by atoms with Crippen LogP contribution < -0.4 is 10.2 Å². The molecule has 3 heterocycles. The molecule has 5 nitrogen and oxygen atoms in total. The smallest absolute Gasteiger partial charge is 0.367 e. The fraction of sp³-hybridized carbons (Fsp3) is 0.273. The highest BCUT2D eigenvalue weighted by Gasteiger charge is 2.34. The molecular weight excluding hydrogens is 561 g/mol. The van der Waals surface area contributed by atoms with Gasteiger partial charge in [0.2, 0.25) is 0 Å². The molecule has 42 heavy (non-hydrogen) atoms. The van der Waals surface area contributed by atoms with E-state index in [0.29, 0.717) is 36.1 Å². The zero-order chi connectivity index (χ0) is 29.3. The van der Waals surface area contributed by atoms with E-state index in [9.17, 15) is 18.0 Å². The number of amides is 1. The highest BCUT2D eigenvalue weighted by atomic mass is 35.5. The number of likely N-dealkylation sites (tertiary alicyclic amines) is 1. The van der Waals surface area contributed by atoms with E-state index in [2.05, 4.69) is 34.6 Å². The van der Waals surface area contributed by atoms with Crippen LogP contribution in [0.25, 0.3) is 11.1 Å². The molecule has 0 atom stereocenters. The quantitative estimate of drug-likeness (QED) is 0.257. The van der Waals surface area contributed by atoms with Crippen LogP contribution in [0.3, 0.4) is 0 Å². The van der Waals surface area contributed by atoms with Gasteiger partial charge in [0.1, 0.15) is 5.82 Å². The maximum atomic E-state index is 13.7. The van der Waals surface area contributed by atoms with Crippen molar-refractivity contribution in [2.75, 3.05) is 36.4 Å². The van der Waals surface area contributed by atoms with Crippen molar-refractivity contribution in [3.8, 4) is 11.1 Å². The molecule has 216 valence electrons. The Balaban J connectivity index is 1.17. The van der Waals surface area contributed by atoms with Gasteiger partial charge in [-0.3, -0.25) is 4.79 Å². The molecule has 1 amide bonds. The molecule has 0 bridgehead atoms. The van der Waals surface area contributed by atoms with E-state index in [-0.39, 0.29) is 23.0 Å². The highest BCUT2D eigenvalue weighted by molar-refractivity contribution is 6.30. The molecule has 9 heteroatoms. The molecule has 2 aliphatic rings. The number of hydrogen-bond acceptors (Lipinski definition) is 4. The molecule has 6 rings (SSSR count). The summed E-state index contributed by atoms with van der Waals surface area (Å²) in [4.78, 5) is 21.6. The van der Waals surface area contributed by atoms with Gasteiger partial charge in [0.15, 0.2) is 0 Å². The Hall–Kier alpha value is -4.04. The molecular formula is C33H30ClF3N4O. The van der Waals surface area contributed by atoms with Crippen LogP contribution in [0.5, 0.6) is 0 Å². The first-order valence-electron chi connectivity index (χ1n) is 14.1. The summed E-state index contributed by atoms with van der Waals surface area (Å²) in [5.74, 6) is 1.11. The summed E-state index contributed by atoms with van der Waals surface area (Å²) in [7, 11) is 0. The zero-order valence-corrected chi connectivity index (χ0v) is 23.6. The lowest BCUT2D eigenvalue weighted by molar-refractivity contribution is -0.138. The number of carbonyl (C=O) groups excluding carboxylic acids is 1. The Kier molecular flexibility index (Phi) is 7.82. The van der Waals surface area contributed by atoms with Crippen molar-refractivity contribution in [2.24, 2.45) is 0 Å².